The summed E-state index contributed by atoms with van der Waals surface area (Å²) in [6, 6.07) is 5.24. The van der Waals surface area contributed by atoms with Gasteiger partial charge in [0.05, 0.1) is 11.6 Å². The minimum Gasteiger partial charge on any atom is -0.486 e. The first kappa shape index (κ1) is 14.0. The topological polar surface area (TPSA) is 77.7 Å². The van der Waals surface area contributed by atoms with Crippen molar-refractivity contribution in [3.8, 4) is 11.5 Å². The molecule has 0 radical (unpaired) electrons. The van der Waals surface area contributed by atoms with E-state index in [0.717, 1.165) is 12.8 Å². The first-order valence-corrected chi connectivity index (χ1v) is 7.74. The van der Waals surface area contributed by atoms with Crippen molar-refractivity contribution in [3.05, 3.63) is 35.5 Å². The summed E-state index contributed by atoms with van der Waals surface area (Å²) in [4.78, 5) is 19.1. The van der Waals surface area contributed by atoms with E-state index in [1.54, 1.807) is 17.9 Å². The molecule has 4 rings (SSSR count). The van der Waals surface area contributed by atoms with Gasteiger partial charge in [0, 0.05) is 13.5 Å². The Hall–Kier alpha value is -2.57. The van der Waals surface area contributed by atoms with Crippen LogP contribution in [0.5, 0.6) is 11.5 Å². The van der Waals surface area contributed by atoms with Crippen molar-refractivity contribution in [1.82, 2.24) is 15.0 Å². The molecule has 1 saturated heterocycles. The van der Waals surface area contributed by atoms with Crippen LogP contribution in [0.15, 0.2) is 22.7 Å². The van der Waals surface area contributed by atoms with Crippen molar-refractivity contribution >= 4 is 5.91 Å². The molecule has 1 unspecified atom stereocenters. The summed E-state index contributed by atoms with van der Waals surface area (Å²) in [7, 11) is 0. The van der Waals surface area contributed by atoms with E-state index in [1.165, 1.54) is 0 Å². The van der Waals surface area contributed by atoms with Crippen molar-refractivity contribution in [2.24, 2.45) is 0 Å². The minimum absolute atomic E-state index is 0.0858. The number of likely N-dealkylation sites (tertiary alicyclic amines) is 1. The zero-order valence-corrected chi connectivity index (χ0v) is 12.8. The highest BCUT2D eigenvalue weighted by Crippen LogP contribution is 2.37. The molecular formula is C16H17N3O4. The van der Waals surface area contributed by atoms with Crippen LogP contribution in [0.3, 0.4) is 0 Å². The van der Waals surface area contributed by atoms with Crippen LogP contribution >= 0.6 is 0 Å². The molecule has 1 aromatic carbocycles. The molecule has 2 aromatic rings. The summed E-state index contributed by atoms with van der Waals surface area (Å²) in [6.07, 6.45) is 1.74. The lowest BCUT2D eigenvalue weighted by Crippen LogP contribution is -2.32. The van der Waals surface area contributed by atoms with E-state index in [4.69, 9.17) is 14.0 Å². The average Bonchev–Trinajstić information content (AvgIpc) is 3.22. The molecule has 1 atom stereocenters. The van der Waals surface area contributed by atoms with E-state index < -0.39 is 0 Å². The van der Waals surface area contributed by atoms with Crippen LogP contribution in [-0.2, 0) is 0 Å². The van der Waals surface area contributed by atoms with E-state index in [-0.39, 0.29) is 11.9 Å². The summed E-state index contributed by atoms with van der Waals surface area (Å²) in [5.41, 5.74) is 0.523. The normalized spacial score (nSPS) is 19.9. The van der Waals surface area contributed by atoms with Gasteiger partial charge in [-0.05, 0) is 25.0 Å². The maximum Gasteiger partial charge on any atom is 0.258 e. The fraction of sp³-hybridized carbons (Fsp3) is 0.438. The highest BCUT2D eigenvalue weighted by atomic mass is 16.6. The second-order valence-corrected chi connectivity index (χ2v) is 5.66. The summed E-state index contributed by atoms with van der Waals surface area (Å²) in [6.45, 7) is 3.36. The summed E-state index contributed by atoms with van der Waals surface area (Å²) in [5.74, 6) is 2.13. The van der Waals surface area contributed by atoms with Gasteiger partial charge in [-0.25, -0.2) is 0 Å². The molecule has 23 heavy (non-hydrogen) atoms. The Bertz CT molecular complexity index is 743. The molecule has 0 N–H and O–H groups in total. The molecule has 120 valence electrons. The molecular weight excluding hydrogens is 298 g/mol. The number of hydrogen-bond acceptors (Lipinski definition) is 6. The molecule has 0 spiro atoms. The molecule has 1 amide bonds. The second-order valence-electron chi connectivity index (χ2n) is 5.66. The molecule has 2 aliphatic heterocycles. The van der Waals surface area contributed by atoms with Crippen LogP contribution < -0.4 is 9.47 Å². The first-order chi connectivity index (χ1) is 11.2. The van der Waals surface area contributed by atoms with E-state index in [0.29, 0.717) is 48.5 Å². The number of hydrogen-bond donors (Lipinski definition) is 0. The van der Waals surface area contributed by atoms with Crippen LogP contribution in [0, 0.1) is 6.92 Å². The first-order valence-electron chi connectivity index (χ1n) is 7.74. The molecule has 0 saturated carbocycles. The standard InChI is InChI=1S/C16H17N3O4/c1-10-17-15(18-23-10)12-5-3-7-19(12)16(20)11-4-2-6-13-14(11)22-9-8-21-13/h2,4,6,12H,3,5,7-9H2,1H3. The van der Waals surface area contributed by atoms with Crippen LogP contribution in [-0.4, -0.2) is 40.7 Å². The SMILES string of the molecule is Cc1nc(C2CCCN2C(=O)c2cccc3c2OCCO3)no1. The number of para-hydroxylation sites is 1. The molecule has 0 aliphatic carbocycles. The summed E-state index contributed by atoms with van der Waals surface area (Å²) in [5, 5.41) is 3.98. The summed E-state index contributed by atoms with van der Waals surface area (Å²) < 4.78 is 16.3. The molecule has 0 bridgehead atoms. The third kappa shape index (κ3) is 2.42. The number of rotatable bonds is 2. The van der Waals surface area contributed by atoms with Gasteiger partial charge in [-0.3, -0.25) is 4.79 Å². The third-order valence-electron chi connectivity index (χ3n) is 4.15. The third-order valence-corrected chi connectivity index (χ3v) is 4.15. The van der Waals surface area contributed by atoms with E-state index in [9.17, 15) is 4.79 Å². The molecule has 3 heterocycles. The van der Waals surface area contributed by atoms with Crippen molar-refractivity contribution in [2.75, 3.05) is 19.8 Å². The van der Waals surface area contributed by atoms with Gasteiger partial charge in [-0.2, -0.15) is 4.98 Å². The Morgan fingerprint density at radius 1 is 1.30 bits per heavy atom. The number of aromatic nitrogens is 2. The van der Waals surface area contributed by atoms with Gasteiger partial charge in [0.15, 0.2) is 17.3 Å². The molecule has 2 aliphatic rings. The monoisotopic (exact) mass is 315 g/mol. The predicted molar refractivity (Wildman–Crippen MR) is 79.5 cm³/mol. The van der Waals surface area contributed by atoms with Gasteiger partial charge in [-0.1, -0.05) is 11.2 Å². The Kier molecular flexibility index (Phi) is 3.40. The Morgan fingerprint density at radius 2 is 2.17 bits per heavy atom. The van der Waals surface area contributed by atoms with E-state index >= 15 is 0 Å². The Labute approximate surface area is 133 Å². The lowest BCUT2D eigenvalue weighted by atomic mass is 10.1. The lowest BCUT2D eigenvalue weighted by molar-refractivity contribution is 0.0718. The van der Waals surface area contributed by atoms with Crippen LogP contribution in [0.1, 0.15) is 41.0 Å². The molecule has 1 fully saturated rings. The van der Waals surface area contributed by atoms with Crippen molar-refractivity contribution in [3.63, 3.8) is 0 Å². The number of fused-ring (bicyclic) bond motifs is 1. The van der Waals surface area contributed by atoms with Crippen molar-refractivity contribution in [1.29, 1.82) is 0 Å². The van der Waals surface area contributed by atoms with Gasteiger partial charge in [0.25, 0.3) is 5.91 Å². The van der Waals surface area contributed by atoms with E-state index in [2.05, 4.69) is 10.1 Å². The Morgan fingerprint density at radius 3 is 3.00 bits per heavy atom. The maximum absolute atomic E-state index is 13.0. The fourth-order valence-electron chi connectivity index (χ4n) is 3.13. The van der Waals surface area contributed by atoms with Crippen LogP contribution in [0.2, 0.25) is 0 Å². The Balaban J connectivity index is 1.66. The smallest absolute Gasteiger partial charge is 0.258 e. The molecule has 7 heteroatoms. The van der Waals surface area contributed by atoms with Crippen molar-refractivity contribution < 1.29 is 18.8 Å². The highest BCUT2D eigenvalue weighted by molar-refractivity contribution is 5.98. The van der Waals surface area contributed by atoms with Gasteiger partial charge in [0.2, 0.25) is 5.89 Å². The number of carbonyl (C=O) groups excluding carboxylic acids is 1. The van der Waals surface area contributed by atoms with Crippen molar-refractivity contribution in [2.45, 2.75) is 25.8 Å². The van der Waals surface area contributed by atoms with Gasteiger partial charge in [0.1, 0.15) is 13.2 Å². The average molecular weight is 315 g/mol. The summed E-state index contributed by atoms with van der Waals surface area (Å²) >= 11 is 0. The minimum atomic E-state index is -0.152. The van der Waals surface area contributed by atoms with Gasteiger partial charge in [-0.15, -0.1) is 0 Å². The predicted octanol–water partition coefficient (Wildman–Crippen LogP) is 2.13. The number of benzene rings is 1. The number of nitrogens with zero attached hydrogens (tertiary/aromatic N) is 3. The second kappa shape index (κ2) is 5.57. The number of ether oxygens (including phenoxy) is 2. The highest BCUT2D eigenvalue weighted by Gasteiger charge is 2.35. The zero-order chi connectivity index (χ0) is 15.8. The maximum atomic E-state index is 13.0. The van der Waals surface area contributed by atoms with E-state index in [1.807, 2.05) is 12.1 Å². The van der Waals surface area contributed by atoms with Gasteiger partial charge < -0.3 is 18.9 Å². The van der Waals surface area contributed by atoms with Crippen LogP contribution in [0.4, 0.5) is 0 Å². The molecule has 1 aromatic heterocycles. The largest absolute Gasteiger partial charge is 0.486 e. The quantitative estimate of drug-likeness (QED) is 0.845. The number of aryl methyl sites for hydroxylation is 1. The number of amides is 1. The van der Waals surface area contributed by atoms with Crippen LogP contribution in [0.25, 0.3) is 0 Å². The zero-order valence-electron chi connectivity index (χ0n) is 12.8. The molecule has 7 nitrogen and oxygen atoms in total. The fourth-order valence-corrected chi connectivity index (χ4v) is 3.13. The number of carbonyl (C=O) groups is 1. The lowest BCUT2D eigenvalue weighted by Gasteiger charge is -2.25. The van der Waals surface area contributed by atoms with Gasteiger partial charge >= 0.3 is 0 Å².